The number of aromatic nitrogens is 1. The second-order valence-corrected chi connectivity index (χ2v) is 8.71. The van der Waals surface area contributed by atoms with Crippen LogP contribution in [0.2, 0.25) is 0 Å². The van der Waals surface area contributed by atoms with Crippen LogP contribution in [0.3, 0.4) is 0 Å². The predicted molar refractivity (Wildman–Crippen MR) is 102 cm³/mol. The number of nitrogens with one attached hydrogen (secondary N) is 1. The van der Waals surface area contributed by atoms with Crippen LogP contribution in [0.1, 0.15) is 32.5 Å². The van der Waals surface area contributed by atoms with E-state index in [9.17, 15) is 13.2 Å². The highest BCUT2D eigenvalue weighted by molar-refractivity contribution is 7.89. The number of rotatable bonds is 6. The Kier molecular flexibility index (Phi) is 4.99. The summed E-state index contributed by atoms with van der Waals surface area (Å²) >= 11 is 1.47. The van der Waals surface area contributed by atoms with Crippen LogP contribution in [0.5, 0.6) is 0 Å². The lowest BCUT2D eigenvalue weighted by Crippen LogP contribution is -2.28. The number of benzene rings is 1. The Bertz CT molecular complexity index is 1020. The minimum Gasteiger partial charge on any atom is -0.364 e. The van der Waals surface area contributed by atoms with Gasteiger partial charge >= 0.3 is 0 Å². The molecule has 3 N–H and O–H groups in total. The number of nitrogens with zero attached hydrogens (tertiary/aromatic N) is 1. The molecule has 1 amide bonds. The maximum Gasteiger partial charge on any atom is 0.265 e. The zero-order valence-electron chi connectivity index (χ0n) is 14.3. The summed E-state index contributed by atoms with van der Waals surface area (Å²) in [5.41, 5.74) is 7.35. The van der Waals surface area contributed by atoms with E-state index in [-0.39, 0.29) is 10.6 Å². The molecule has 6 nitrogen and oxygen atoms in total. The van der Waals surface area contributed by atoms with Gasteiger partial charge in [0.05, 0.1) is 6.04 Å². The van der Waals surface area contributed by atoms with Gasteiger partial charge in [0.15, 0.2) is 0 Å². The zero-order chi connectivity index (χ0) is 18.9. The van der Waals surface area contributed by atoms with E-state index in [0.29, 0.717) is 0 Å². The lowest BCUT2D eigenvalue weighted by atomic mass is 10.0. The van der Waals surface area contributed by atoms with Crippen molar-refractivity contribution < 1.29 is 13.2 Å². The van der Waals surface area contributed by atoms with E-state index in [0.717, 1.165) is 16.0 Å². The van der Waals surface area contributed by atoms with E-state index in [1.54, 1.807) is 7.05 Å². The van der Waals surface area contributed by atoms with Crippen LogP contribution in [0.15, 0.2) is 58.9 Å². The van der Waals surface area contributed by atoms with Gasteiger partial charge in [0.2, 0.25) is 10.0 Å². The van der Waals surface area contributed by atoms with Crippen molar-refractivity contribution in [3.8, 4) is 0 Å². The standard InChI is InChI=1S/C18H19N3O3S2/c1-12-5-7-13(8-6-12)17(16-4-3-9-25-16)20-26(23,24)14-10-15(18(19)22)21(2)11-14/h3-11,17,20H,1-2H3,(H2,19,22). The van der Waals surface area contributed by atoms with Gasteiger partial charge < -0.3 is 10.3 Å². The normalized spacial score (nSPS) is 12.8. The van der Waals surface area contributed by atoms with Crippen molar-refractivity contribution in [1.29, 1.82) is 0 Å². The van der Waals surface area contributed by atoms with E-state index in [1.807, 2.05) is 48.7 Å². The van der Waals surface area contributed by atoms with Crippen molar-refractivity contribution in [2.45, 2.75) is 17.9 Å². The lowest BCUT2D eigenvalue weighted by molar-refractivity contribution is 0.0992. The SMILES string of the molecule is Cc1ccc(C(NS(=O)(=O)c2cc(C(N)=O)n(C)c2)c2cccs2)cc1. The molecule has 2 heterocycles. The summed E-state index contributed by atoms with van der Waals surface area (Å²) in [6.45, 7) is 1.98. The summed E-state index contributed by atoms with van der Waals surface area (Å²) in [4.78, 5) is 12.3. The van der Waals surface area contributed by atoms with Crippen molar-refractivity contribution in [1.82, 2.24) is 9.29 Å². The van der Waals surface area contributed by atoms with Gasteiger partial charge in [-0.2, -0.15) is 4.72 Å². The molecule has 0 fully saturated rings. The van der Waals surface area contributed by atoms with Gasteiger partial charge in [-0.25, -0.2) is 8.42 Å². The second-order valence-electron chi connectivity index (χ2n) is 6.02. The Labute approximate surface area is 156 Å². The molecule has 0 aliphatic heterocycles. The van der Waals surface area contributed by atoms with Crippen LogP contribution in [0, 0.1) is 6.92 Å². The molecule has 2 aromatic heterocycles. The number of aryl methyl sites for hydroxylation is 2. The number of thiophene rings is 1. The first kappa shape index (κ1) is 18.4. The third-order valence-corrected chi connectivity index (χ3v) is 6.38. The number of amides is 1. The van der Waals surface area contributed by atoms with Gasteiger partial charge in [0, 0.05) is 18.1 Å². The van der Waals surface area contributed by atoms with E-state index in [1.165, 1.54) is 28.2 Å². The molecular weight excluding hydrogens is 370 g/mol. The number of carbonyl (C=O) groups excluding carboxylic acids is 1. The second kappa shape index (κ2) is 7.06. The number of carbonyl (C=O) groups is 1. The number of hydrogen-bond donors (Lipinski definition) is 2. The highest BCUT2D eigenvalue weighted by Crippen LogP contribution is 2.28. The van der Waals surface area contributed by atoms with E-state index in [4.69, 9.17) is 5.73 Å². The summed E-state index contributed by atoms with van der Waals surface area (Å²) in [7, 11) is -2.27. The molecule has 0 aliphatic carbocycles. The molecule has 1 aromatic carbocycles. The maximum absolute atomic E-state index is 12.9. The summed E-state index contributed by atoms with van der Waals surface area (Å²) in [6, 6.07) is 12.2. The minimum atomic E-state index is -3.85. The molecule has 0 radical (unpaired) electrons. The highest BCUT2D eigenvalue weighted by Gasteiger charge is 2.25. The molecule has 3 rings (SSSR count). The van der Waals surface area contributed by atoms with Crippen LogP contribution in [-0.2, 0) is 17.1 Å². The Balaban J connectivity index is 1.99. The number of hydrogen-bond acceptors (Lipinski definition) is 4. The van der Waals surface area contributed by atoms with Gasteiger partial charge in [-0.05, 0) is 30.0 Å². The fraction of sp³-hybridized carbons (Fsp3) is 0.167. The quantitative estimate of drug-likeness (QED) is 0.678. The molecule has 8 heteroatoms. The minimum absolute atomic E-state index is 0.00229. The first-order valence-corrected chi connectivity index (χ1v) is 10.2. The fourth-order valence-electron chi connectivity index (χ4n) is 2.65. The molecule has 26 heavy (non-hydrogen) atoms. The lowest BCUT2D eigenvalue weighted by Gasteiger charge is -2.18. The Hall–Kier alpha value is -2.42. The molecule has 1 atom stereocenters. The topological polar surface area (TPSA) is 94.2 Å². The van der Waals surface area contributed by atoms with Gasteiger partial charge in [-0.1, -0.05) is 35.9 Å². The Morgan fingerprint density at radius 2 is 1.92 bits per heavy atom. The third kappa shape index (κ3) is 3.72. The predicted octanol–water partition coefficient (Wildman–Crippen LogP) is 2.56. The molecule has 0 spiro atoms. The van der Waals surface area contributed by atoms with E-state index in [2.05, 4.69) is 4.72 Å². The summed E-state index contributed by atoms with van der Waals surface area (Å²) in [5, 5.41) is 1.90. The van der Waals surface area contributed by atoms with Gasteiger partial charge in [-0.3, -0.25) is 4.79 Å². The van der Waals surface area contributed by atoms with E-state index >= 15 is 0 Å². The highest BCUT2D eigenvalue weighted by atomic mass is 32.2. The third-order valence-electron chi connectivity index (χ3n) is 4.05. The molecule has 136 valence electrons. The molecule has 0 saturated heterocycles. The van der Waals surface area contributed by atoms with Gasteiger partial charge in [-0.15, -0.1) is 11.3 Å². The van der Waals surface area contributed by atoms with Crippen molar-refractivity contribution in [2.24, 2.45) is 12.8 Å². The van der Waals surface area contributed by atoms with Crippen LogP contribution >= 0.6 is 11.3 Å². The van der Waals surface area contributed by atoms with Gasteiger partial charge in [0.25, 0.3) is 5.91 Å². The summed E-state index contributed by atoms with van der Waals surface area (Å²) in [5.74, 6) is -0.678. The fourth-order valence-corrected chi connectivity index (χ4v) is 4.80. The Morgan fingerprint density at radius 1 is 1.23 bits per heavy atom. The number of nitrogens with two attached hydrogens (primary N) is 1. The van der Waals surface area contributed by atoms with Crippen LogP contribution in [0.25, 0.3) is 0 Å². The largest absolute Gasteiger partial charge is 0.364 e. The smallest absolute Gasteiger partial charge is 0.265 e. The Morgan fingerprint density at radius 3 is 2.46 bits per heavy atom. The molecule has 0 aliphatic rings. The van der Waals surface area contributed by atoms with Gasteiger partial charge in [0.1, 0.15) is 10.6 Å². The summed E-state index contributed by atoms with van der Waals surface area (Å²) in [6.07, 6.45) is 1.38. The molecule has 1 unspecified atom stereocenters. The first-order valence-electron chi connectivity index (χ1n) is 7.86. The van der Waals surface area contributed by atoms with Crippen LogP contribution < -0.4 is 10.5 Å². The number of primary amides is 1. The average Bonchev–Trinajstić information content (AvgIpc) is 3.23. The molecule has 0 bridgehead atoms. The zero-order valence-corrected chi connectivity index (χ0v) is 16.0. The molecule has 0 saturated carbocycles. The molecular formula is C18H19N3O3S2. The van der Waals surface area contributed by atoms with Crippen LogP contribution in [0.4, 0.5) is 0 Å². The van der Waals surface area contributed by atoms with Crippen molar-refractivity contribution >= 4 is 27.3 Å². The maximum atomic E-state index is 12.9. The van der Waals surface area contributed by atoms with E-state index < -0.39 is 22.0 Å². The number of sulfonamides is 1. The monoisotopic (exact) mass is 389 g/mol. The summed E-state index contributed by atoms with van der Waals surface area (Å²) < 4.78 is 29.9. The van der Waals surface area contributed by atoms with Crippen molar-refractivity contribution in [3.05, 3.63) is 75.7 Å². The van der Waals surface area contributed by atoms with Crippen molar-refractivity contribution in [2.75, 3.05) is 0 Å². The first-order chi connectivity index (χ1) is 12.3. The van der Waals surface area contributed by atoms with Crippen LogP contribution in [-0.4, -0.2) is 18.9 Å². The molecule has 3 aromatic rings. The average molecular weight is 390 g/mol. The van der Waals surface area contributed by atoms with Crippen molar-refractivity contribution in [3.63, 3.8) is 0 Å².